The summed E-state index contributed by atoms with van der Waals surface area (Å²) in [6.45, 7) is 7.02. The number of aliphatic hydroxyl groups is 1. The quantitative estimate of drug-likeness (QED) is 0.446. The van der Waals surface area contributed by atoms with Gasteiger partial charge in [-0.3, -0.25) is 0 Å². The van der Waals surface area contributed by atoms with Crippen molar-refractivity contribution in [2.45, 2.75) is 25.0 Å². The first-order chi connectivity index (χ1) is 4.62. The summed E-state index contributed by atoms with van der Waals surface area (Å²) in [7, 11) is 0. The smallest absolute Gasteiger partial charge is 0.117 e. The molecule has 58 valence electrons. The standard InChI is InChI=1S/C8H15NO/c1-3-5-7-8(9,10)6-4-2/h3-4,10H,1-2,5-7,9H2/t8-/m1/s1. The Morgan fingerprint density at radius 2 is 2.00 bits per heavy atom. The van der Waals surface area contributed by atoms with Crippen LogP contribution >= 0.6 is 0 Å². The van der Waals surface area contributed by atoms with E-state index in [1.165, 1.54) is 0 Å². The van der Waals surface area contributed by atoms with Crippen LogP contribution in [0.1, 0.15) is 19.3 Å². The zero-order chi connectivity index (χ0) is 8.04. The van der Waals surface area contributed by atoms with Crippen molar-refractivity contribution in [3.63, 3.8) is 0 Å². The van der Waals surface area contributed by atoms with Crippen molar-refractivity contribution < 1.29 is 5.11 Å². The fraction of sp³-hybridized carbons (Fsp3) is 0.500. The molecule has 0 aliphatic heterocycles. The fourth-order valence-corrected chi connectivity index (χ4v) is 0.704. The molecule has 0 heterocycles. The van der Waals surface area contributed by atoms with Gasteiger partial charge in [-0.1, -0.05) is 12.2 Å². The minimum Gasteiger partial charge on any atom is -0.376 e. The number of rotatable bonds is 5. The van der Waals surface area contributed by atoms with E-state index in [-0.39, 0.29) is 0 Å². The Bertz CT molecular complexity index is 118. The second-order valence-electron chi connectivity index (χ2n) is 2.42. The number of allylic oxidation sites excluding steroid dienone is 1. The van der Waals surface area contributed by atoms with E-state index in [0.29, 0.717) is 12.8 Å². The maximum atomic E-state index is 9.30. The molecule has 0 saturated heterocycles. The van der Waals surface area contributed by atoms with Gasteiger partial charge in [-0.05, 0) is 12.8 Å². The molecule has 0 saturated carbocycles. The number of hydrogen-bond donors (Lipinski definition) is 2. The summed E-state index contributed by atoms with van der Waals surface area (Å²) in [5.74, 6) is 0. The van der Waals surface area contributed by atoms with Crippen molar-refractivity contribution in [2.75, 3.05) is 0 Å². The monoisotopic (exact) mass is 141 g/mol. The van der Waals surface area contributed by atoms with Crippen LogP contribution in [0.5, 0.6) is 0 Å². The van der Waals surface area contributed by atoms with E-state index in [4.69, 9.17) is 5.73 Å². The highest BCUT2D eigenvalue weighted by molar-refractivity contribution is 4.83. The van der Waals surface area contributed by atoms with Crippen LogP contribution in [0.4, 0.5) is 0 Å². The highest BCUT2D eigenvalue weighted by Crippen LogP contribution is 2.10. The zero-order valence-corrected chi connectivity index (χ0v) is 6.21. The summed E-state index contributed by atoms with van der Waals surface area (Å²) >= 11 is 0. The van der Waals surface area contributed by atoms with E-state index in [0.717, 1.165) is 6.42 Å². The van der Waals surface area contributed by atoms with Gasteiger partial charge in [0.05, 0.1) is 0 Å². The minimum absolute atomic E-state index is 0.431. The van der Waals surface area contributed by atoms with Gasteiger partial charge in [0, 0.05) is 6.42 Å². The van der Waals surface area contributed by atoms with Crippen LogP contribution in [-0.4, -0.2) is 10.8 Å². The van der Waals surface area contributed by atoms with Crippen molar-refractivity contribution in [3.8, 4) is 0 Å². The Kier molecular flexibility index (Phi) is 4.00. The topological polar surface area (TPSA) is 46.2 Å². The average Bonchev–Trinajstić information content (AvgIpc) is 1.84. The molecular formula is C8H15NO. The third-order valence-corrected chi connectivity index (χ3v) is 1.28. The van der Waals surface area contributed by atoms with Crippen LogP contribution in [0.3, 0.4) is 0 Å². The molecule has 0 fully saturated rings. The Morgan fingerprint density at radius 1 is 1.40 bits per heavy atom. The fourth-order valence-electron chi connectivity index (χ4n) is 0.704. The Morgan fingerprint density at radius 3 is 2.40 bits per heavy atom. The molecule has 0 rings (SSSR count). The molecule has 2 heteroatoms. The highest BCUT2D eigenvalue weighted by atomic mass is 16.3. The number of hydrogen-bond acceptors (Lipinski definition) is 2. The van der Waals surface area contributed by atoms with Crippen LogP contribution in [0.15, 0.2) is 25.3 Å². The molecule has 0 amide bonds. The molecule has 3 N–H and O–H groups in total. The van der Waals surface area contributed by atoms with E-state index in [1.807, 2.05) is 0 Å². The molecule has 0 bridgehead atoms. The summed E-state index contributed by atoms with van der Waals surface area (Å²) in [4.78, 5) is 0. The van der Waals surface area contributed by atoms with Gasteiger partial charge in [0.2, 0.25) is 0 Å². The molecule has 10 heavy (non-hydrogen) atoms. The molecule has 0 spiro atoms. The highest BCUT2D eigenvalue weighted by Gasteiger charge is 2.16. The minimum atomic E-state index is -1.09. The van der Waals surface area contributed by atoms with Crippen molar-refractivity contribution in [2.24, 2.45) is 5.73 Å². The zero-order valence-electron chi connectivity index (χ0n) is 6.21. The van der Waals surface area contributed by atoms with Crippen LogP contribution in [0.2, 0.25) is 0 Å². The van der Waals surface area contributed by atoms with Crippen molar-refractivity contribution in [1.29, 1.82) is 0 Å². The molecule has 0 radical (unpaired) electrons. The second kappa shape index (κ2) is 4.25. The molecular weight excluding hydrogens is 126 g/mol. The van der Waals surface area contributed by atoms with Gasteiger partial charge in [0.25, 0.3) is 0 Å². The Balaban J connectivity index is 3.61. The lowest BCUT2D eigenvalue weighted by Gasteiger charge is -2.19. The van der Waals surface area contributed by atoms with Gasteiger partial charge in [0.15, 0.2) is 0 Å². The summed E-state index contributed by atoms with van der Waals surface area (Å²) in [6.07, 6.45) is 5.06. The Labute approximate surface area is 62.0 Å². The maximum absolute atomic E-state index is 9.30. The molecule has 0 aliphatic rings. The van der Waals surface area contributed by atoms with E-state index < -0.39 is 5.72 Å². The van der Waals surface area contributed by atoms with Crippen molar-refractivity contribution in [3.05, 3.63) is 25.3 Å². The molecule has 0 unspecified atom stereocenters. The van der Waals surface area contributed by atoms with Crippen LogP contribution < -0.4 is 5.73 Å². The third-order valence-electron chi connectivity index (χ3n) is 1.28. The first-order valence-corrected chi connectivity index (χ1v) is 3.35. The lowest BCUT2D eigenvalue weighted by molar-refractivity contribution is 0.0421. The predicted molar refractivity (Wildman–Crippen MR) is 43.4 cm³/mol. The van der Waals surface area contributed by atoms with Gasteiger partial charge in [-0.15, -0.1) is 13.2 Å². The normalized spacial score (nSPS) is 15.8. The first-order valence-electron chi connectivity index (χ1n) is 3.35. The third kappa shape index (κ3) is 4.30. The molecule has 2 nitrogen and oxygen atoms in total. The maximum Gasteiger partial charge on any atom is 0.117 e. The van der Waals surface area contributed by atoms with Gasteiger partial charge >= 0.3 is 0 Å². The summed E-state index contributed by atoms with van der Waals surface area (Å²) in [5, 5.41) is 9.30. The van der Waals surface area contributed by atoms with Crippen LogP contribution in [-0.2, 0) is 0 Å². The SMILES string of the molecule is C=CCC[C@](N)(O)CC=C. The first kappa shape index (κ1) is 9.40. The largest absolute Gasteiger partial charge is 0.376 e. The lowest BCUT2D eigenvalue weighted by Crippen LogP contribution is -2.38. The van der Waals surface area contributed by atoms with Gasteiger partial charge in [0.1, 0.15) is 5.72 Å². The molecule has 0 aromatic carbocycles. The molecule has 0 aromatic heterocycles. The summed E-state index contributed by atoms with van der Waals surface area (Å²) in [6, 6.07) is 0. The second-order valence-corrected chi connectivity index (χ2v) is 2.42. The van der Waals surface area contributed by atoms with Gasteiger partial charge < -0.3 is 10.8 Å². The predicted octanol–water partition coefficient (Wildman–Crippen LogP) is 1.18. The van der Waals surface area contributed by atoms with Crippen molar-refractivity contribution >= 4 is 0 Å². The van der Waals surface area contributed by atoms with E-state index >= 15 is 0 Å². The van der Waals surface area contributed by atoms with Gasteiger partial charge in [-0.25, -0.2) is 0 Å². The van der Waals surface area contributed by atoms with Crippen molar-refractivity contribution in [1.82, 2.24) is 0 Å². The number of nitrogens with two attached hydrogens (primary N) is 1. The molecule has 0 aromatic rings. The molecule has 0 aliphatic carbocycles. The Hall–Kier alpha value is -0.600. The molecule has 1 atom stereocenters. The summed E-state index contributed by atoms with van der Waals surface area (Å²) < 4.78 is 0. The van der Waals surface area contributed by atoms with E-state index in [1.54, 1.807) is 12.2 Å². The lowest BCUT2D eigenvalue weighted by atomic mass is 10.1. The average molecular weight is 141 g/mol. The van der Waals surface area contributed by atoms with E-state index in [9.17, 15) is 5.11 Å². The van der Waals surface area contributed by atoms with Crippen LogP contribution in [0.25, 0.3) is 0 Å². The summed E-state index contributed by atoms with van der Waals surface area (Å²) in [5.41, 5.74) is 4.36. The van der Waals surface area contributed by atoms with E-state index in [2.05, 4.69) is 13.2 Å². The van der Waals surface area contributed by atoms with Gasteiger partial charge in [-0.2, -0.15) is 0 Å². The van der Waals surface area contributed by atoms with Crippen LogP contribution in [0, 0.1) is 0 Å².